The number of hydrogen-bond acceptors (Lipinski definition) is 3. The SMILES string of the molecule is CC(C)C(=O)N1CCCN(Cc2cnn(C3CC3(F)F)c2)CC1. The smallest absolute Gasteiger partial charge is 0.272 e. The van der Waals surface area contributed by atoms with Gasteiger partial charge in [0.2, 0.25) is 5.91 Å². The third kappa shape index (κ3) is 3.71. The Morgan fingerprint density at radius 3 is 2.74 bits per heavy atom. The Balaban J connectivity index is 1.54. The Hall–Kier alpha value is -1.50. The maximum atomic E-state index is 13.1. The molecule has 0 bridgehead atoms. The van der Waals surface area contributed by atoms with E-state index in [9.17, 15) is 13.6 Å². The third-order valence-electron chi connectivity index (χ3n) is 4.57. The van der Waals surface area contributed by atoms with E-state index in [1.807, 2.05) is 18.7 Å². The number of carbonyl (C=O) groups is 1. The molecule has 3 rings (SSSR count). The highest BCUT2D eigenvalue weighted by molar-refractivity contribution is 5.78. The van der Waals surface area contributed by atoms with Crippen molar-refractivity contribution in [2.75, 3.05) is 26.2 Å². The summed E-state index contributed by atoms with van der Waals surface area (Å²) in [5, 5.41) is 4.07. The predicted octanol–water partition coefficient (Wildman–Crippen LogP) is 2.15. The monoisotopic (exact) mass is 326 g/mol. The number of hydrogen-bond donors (Lipinski definition) is 0. The highest BCUT2D eigenvalue weighted by atomic mass is 19.3. The molecule has 2 fully saturated rings. The van der Waals surface area contributed by atoms with Crippen LogP contribution in [0.2, 0.25) is 0 Å². The van der Waals surface area contributed by atoms with Crippen LogP contribution < -0.4 is 0 Å². The van der Waals surface area contributed by atoms with Crippen molar-refractivity contribution in [3.05, 3.63) is 18.0 Å². The quantitative estimate of drug-likeness (QED) is 0.851. The van der Waals surface area contributed by atoms with Gasteiger partial charge in [-0.2, -0.15) is 5.10 Å². The molecular formula is C16H24F2N4O. The van der Waals surface area contributed by atoms with Crippen molar-refractivity contribution in [3.63, 3.8) is 0 Å². The van der Waals surface area contributed by atoms with Gasteiger partial charge in [-0.05, 0) is 6.42 Å². The molecule has 1 saturated carbocycles. The minimum absolute atomic E-state index is 0.0278. The summed E-state index contributed by atoms with van der Waals surface area (Å²) in [5.74, 6) is -2.36. The van der Waals surface area contributed by atoms with E-state index in [0.29, 0.717) is 6.54 Å². The molecule has 0 spiro atoms. The summed E-state index contributed by atoms with van der Waals surface area (Å²) in [6.45, 7) is 7.78. The molecule has 1 saturated heterocycles. The van der Waals surface area contributed by atoms with Crippen LogP contribution in [0.1, 0.15) is 38.3 Å². The second kappa shape index (κ2) is 6.19. The van der Waals surface area contributed by atoms with Crippen LogP contribution in [0.15, 0.2) is 12.4 Å². The first kappa shape index (κ1) is 16.4. The molecule has 23 heavy (non-hydrogen) atoms. The molecule has 5 nitrogen and oxygen atoms in total. The van der Waals surface area contributed by atoms with Crippen molar-refractivity contribution >= 4 is 5.91 Å². The van der Waals surface area contributed by atoms with Gasteiger partial charge in [-0.1, -0.05) is 13.8 Å². The molecule has 1 unspecified atom stereocenters. The van der Waals surface area contributed by atoms with Gasteiger partial charge in [0.05, 0.1) is 6.20 Å². The maximum Gasteiger partial charge on any atom is 0.272 e. The molecule has 1 aliphatic carbocycles. The number of carbonyl (C=O) groups excluding carboxylic acids is 1. The van der Waals surface area contributed by atoms with E-state index < -0.39 is 12.0 Å². The van der Waals surface area contributed by atoms with E-state index in [4.69, 9.17) is 0 Å². The molecule has 0 N–H and O–H groups in total. The lowest BCUT2D eigenvalue weighted by Crippen LogP contribution is -2.37. The van der Waals surface area contributed by atoms with Crippen LogP contribution in [0.4, 0.5) is 8.78 Å². The lowest BCUT2D eigenvalue weighted by atomic mass is 10.2. The lowest BCUT2D eigenvalue weighted by Gasteiger charge is -2.23. The fourth-order valence-corrected chi connectivity index (χ4v) is 3.09. The van der Waals surface area contributed by atoms with E-state index in [2.05, 4.69) is 10.00 Å². The molecule has 1 aromatic heterocycles. The van der Waals surface area contributed by atoms with Crippen LogP contribution in [-0.2, 0) is 11.3 Å². The average Bonchev–Trinajstić information content (AvgIpc) is 2.99. The molecule has 1 aromatic rings. The molecule has 1 aliphatic heterocycles. The molecule has 128 valence electrons. The Morgan fingerprint density at radius 2 is 2.09 bits per heavy atom. The number of halogens is 2. The Morgan fingerprint density at radius 1 is 1.35 bits per heavy atom. The highest BCUT2D eigenvalue weighted by Gasteiger charge is 2.59. The van der Waals surface area contributed by atoms with Crippen LogP contribution in [0.3, 0.4) is 0 Å². The summed E-state index contributed by atoms with van der Waals surface area (Å²) in [4.78, 5) is 16.3. The fraction of sp³-hybridized carbons (Fsp3) is 0.750. The van der Waals surface area contributed by atoms with Crippen LogP contribution in [-0.4, -0.2) is 57.6 Å². The normalized spacial score (nSPS) is 24.7. The first-order valence-corrected chi connectivity index (χ1v) is 8.29. The maximum absolute atomic E-state index is 13.1. The van der Waals surface area contributed by atoms with Crippen molar-refractivity contribution in [1.29, 1.82) is 0 Å². The predicted molar refractivity (Wildman–Crippen MR) is 82.1 cm³/mol. The van der Waals surface area contributed by atoms with Gasteiger partial charge in [-0.25, -0.2) is 8.78 Å². The van der Waals surface area contributed by atoms with Gasteiger partial charge in [-0.3, -0.25) is 14.4 Å². The summed E-state index contributed by atoms with van der Waals surface area (Å²) in [5.41, 5.74) is 0.955. The number of aromatic nitrogens is 2. The van der Waals surface area contributed by atoms with Gasteiger partial charge in [0.25, 0.3) is 5.92 Å². The zero-order valence-electron chi connectivity index (χ0n) is 13.7. The summed E-state index contributed by atoms with van der Waals surface area (Å²) >= 11 is 0. The van der Waals surface area contributed by atoms with Crippen molar-refractivity contribution < 1.29 is 13.6 Å². The van der Waals surface area contributed by atoms with Crippen molar-refractivity contribution in [3.8, 4) is 0 Å². The molecule has 0 aromatic carbocycles. The molecule has 7 heteroatoms. The largest absolute Gasteiger partial charge is 0.341 e. The van der Waals surface area contributed by atoms with Gasteiger partial charge in [0.1, 0.15) is 6.04 Å². The van der Waals surface area contributed by atoms with E-state index >= 15 is 0 Å². The van der Waals surface area contributed by atoms with Crippen molar-refractivity contribution in [2.24, 2.45) is 5.92 Å². The van der Waals surface area contributed by atoms with Crippen molar-refractivity contribution in [1.82, 2.24) is 19.6 Å². The first-order valence-electron chi connectivity index (χ1n) is 8.29. The standard InChI is InChI=1S/C16H24F2N4O/c1-12(2)15(23)21-5-3-4-20(6-7-21)10-13-9-19-22(11-13)14-8-16(14,17)18/h9,11-12,14H,3-8,10H2,1-2H3. The Labute approximate surface area is 135 Å². The number of amides is 1. The number of nitrogens with zero attached hydrogens (tertiary/aromatic N) is 4. The number of alkyl halides is 2. The Kier molecular flexibility index (Phi) is 4.40. The fourth-order valence-electron chi connectivity index (χ4n) is 3.09. The van der Waals surface area contributed by atoms with E-state index in [-0.39, 0.29) is 18.2 Å². The van der Waals surface area contributed by atoms with E-state index in [1.54, 1.807) is 12.4 Å². The summed E-state index contributed by atoms with van der Waals surface area (Å²) in [6.07, 6.45) is 4.24. The van der Waals surface area contributed by atoms with Gasteiger partial charge in [0, 0.05) is 56.8 Å². The van der Waals surface area contributed by atoms with Crippen LogP contribution in [0, 0.1) is 5.92 Å². The van der Waals surface area contributed by atoms with Crippen LogP contribution in [0.5, 0.6) is 0 Å². The zero-order valence-corrected chi connectivity index (χ0v) is 13.7. The summed E-state index contributed by atoms with van der Waals surface area (Å²) in [6, 6.07) is -0.764. The van der Waals surface area contributed by atoms with E-state index in [1.165, 1.54) is 4.68 Å². The van der Waals surface area contributed by atoms with Gasteiger partial charge < -0.3 is 4.90 Å². The average molecular weight is 326 g/mol. The van der Waals surface area contributed by atoms with Crippen LogP contribution in [0.25, 0.3) is 0 Å². The topological polar surface area (TPSA) is 41.4 Å². The van der Waals surface area contributed by atoms with E-state index in [0.717, 1.165) is 38.2 Å². The summed E-state index contributed by atoms with van der Waals surface area (Å²) < 4.78 is 27.5. The van der Waals surface area contributed by atoms with Gasteiger partial charge in [-0.15, -0.1) is 0 Å². The van der Waals surface area contributed by atoms with Gasteiger partial charge >= 0.3 is 0 Å². The molecule has 1 amide bonds. The number of rotatable bonds is 4. The van der Waals surface area contributed by atoms with Gasteiger partial charge in [0.15, 0.2) is 0 Å². The third-order valence-corrected chi connectivity index (χ3v) is 4.57. The first-order chi connectivity index (χ1) is 10.9. The molecular weight excluding hydrogens is 302 g/mol. The summed E-state index contributed by atoms with van der Waals surface area (Å²) in [7, 11) is 0. The van der Waals surface area contributed by atoms with Crippen LogP contribution >= 0.6 is 0 Å². The second-order valence-electron chi connectivity index (χ2n) is 6.92. The molecule has 1 atom stereocenters. The van der Waals surface area contributed by atoms with Crippen molar-refractivity contribution in [2.45, 2.75) is 45.2 Å². The minimum Gasteiger partial charge on any atom is -0.341 e. The lowest BCUT2D eigenvalue weighted by molar-refractivity contribution is -0.134. The Bertz CT molecular complexity index is 572. The minimum atomic E-state index is -2.59. The molecule has 2 aliphatic rings. The highest BCUT2D eigenvalue weighted by Crippen LogP contribution is 2.52. The molecule has 2 heterocycles. The zero-order chi connectivity index (χ0) is 16.6. The molecule has 0 radical (unpaired) electrons. The second-order valence-corrected chi connectivity index (χ2v) is 6.92.